The van der Waals surface area contributed by atoms with E-state index in [-0.39, 0.29) is 30.7 Å². The van der Waals surface area contributed by atoms with Crippen LogP contribution in [0.1, 0.15) is 25.3 Å². The van der Waals surface area contributed by atoms with Gasteiger partial charge in [-0.15, -0.1) is 12.4 Å². The van der Waals surface area contributed by atoms with Crippen LogP contribution in [0, 0.1) is 0 Å². The van der Waals surface area contributed by atoms with Crippen molar-refractivity contribution >= 4 is 24.0 Å². The maximum absolute atomic E-state index is 12.9. The molecule has 166 valence electrons. The van der Waals surface area contributed by atoms with E-state index in [1.165, 1.54) is 5.56 Å². The molecule has 2 saturated heterocycles. The fourth-order valence-corrected chi connectivity index (χ4v) is 4.71. The molecule has 1 spiro atoms. The minimum absolute atomic E-state index is 0. The first-order chi connectivity index (χ1) is 14.6. The van der Waals surface area contributed by atoms with Crippen LogP contribution in [0.3, 0.4) is 0 Å². The molecule has 2 aromatic carbocycles. The van der Waals surface area contributed by atoms with Crippen LogP contribution in [0.25, 0.3) is 0 Å². The van der Waals surface area contributed by atoms with Crippen LogP contribution >= 0.6 is 12.4 Å². The summed E-state index contributed by atoms with van der Waals surface area (Å²) in [5.74, 6) is 1.43. The van der Waals surface area contributed by atoms with Crippen LogP contribution in [0.4, 0.5) is 5.69 Å². The average molecular weight is 445 g/mol. The van der Waals surface area contributed by atoms with E-state index in [1.54, 1.807) is 0 Å². The summed E-state index contributed by atoms with van der Waals surface area (Å²) in [6.45, 7) is 5.72. The number of ether oxygens (including phenoxy) is 3. The molecule has 3 aliphatic heterocycles. The Bertz CT molecular complexity index is 915. The second kappa shape index (κ2) is 9.07. The number of fused-ring (bicyclic) bond motifs is 1. The predicted molar refractivity (Wildman–Crippen MR) is 121 cm³/mol. The molecule has 0 aromatic heterocycles. The highest BCUT2D eigenvalue weighted by Gasteiger charge is 2.45. The number of likely N-dealkylation sites (tertiary alicyclic amines) is 1. The number of halogens is 1. The highest BCUT2D eigenvalue weighted by molar-refractivity contribution is 5.97. The van der Waals surface area contributed by atoms with Crippen molar-refractivity contribution < 1.29 is 19.0 Å². The lowest BCUT2D eigenvalue weighted by Gasteiger charge is -2.49. The van der Waals surface area contributed by atoms with Gasteiger partial charge in [-0.2, -0.15) is 0 Å². The van der Waals surface area contributed by atoms with Gasteiger partial charge in [0.25, 0.3) is 5.91 Å². The molecular formula is C24H29ClN2O4. The highest BCUT2D eigenvalue weighted by atomic mass is 35.5. The molecule has 5 rings (SSSR count). The second-order valence-corrected chi connectivity index (χ2v) is 8.48. The first kappa shape index (κ1) is 21.9. The van der Waals surface area contributed by atoms with E-state index in [0.29, 0.717) is 12.3 Å². The Kier molecular flexibility index (Phi) is 6.42. The normalized spacial score (nSPS) is 22.4. The van der Waals surface area contributed by atoms with Crippen molar-refractivity contribution in [2.24, 2.45) is 0 Å². The highest BCUT2D eigenvalue weighted by Crippen LogP contribution is 2.39. The van der Waals surface area contributed by atoms with Gasteiger partial charge in [-0.1, -0.05) is 30.3 Å². The van der Waals surface area contributed by atoms with E-state index in [0.717, 1.165) is 50.3 Å². The van der Waals surface area contributed by atoms with Gasteiger partial charge in [-0.25, -0.2) is 0 Å². The Balaban J connectivity index is 0.00000231. The number of carbonyl (C=O) groups excluding carboxylic acids is 1. The fraction of sp³-hybridized carbons (Fsp3) is 0.458. The number of rotatable bonds is 4. The summed E-state index contributed by atoms with van der Waals surface area (Å²) in [4.78, 5) is 17.3. The van der Waals surface area contributed by atoms with Crippen molar-refractivity contribution in [2.45, 2.75) is 37.9 Å². The van der Waals surface area contributed by atoms with Gasteiger partial charge in [0.1, 0.15) is 6.10 Å². The summed E-state index contributed by atoms with van der Waals surface area (Å²) >= 11 is 0. The van der Waals surface area contributed by atoms with E-state index < -0.39 is 6.10 Å². The van der Waals surface area contributed by atoms with E-state index >= 15 is 0 Å². The largest absolute Gasteiger partial charge is 0.454 e. The van der Waals surface area contributed by atoms with Crippen LogP contribution in [0.5, 0.6) is 11.5 Å². The van der Waals surface area contributed by atoms with Crippen molar-refractivity contribution in [1.82, 2.24) is 4.90 Å². The molecular weight excluding hydrogens is 416 g/mol. The van der Waals surface area contributed by atoms with Gasteiger partial charge in [0.2, 0.25) is 6.79 Å². The molecule has 1 amide bonds. The van der Waals surface area contributed by atoms with Crippen LogP contribution in [-0.2, 0) is 16.0 Å². The lowest BCUT2D eigenvalue weighted by molar-refractivity contribution is -0.161. The number of hydrogen-bond acceptors (Lipinski definition) is 5. The predicted octanol–water partition coefficient (Wildman–Crippen LogP) is 3.67. The Morgan fingerprint density at radius 2 is 1.77 bits per heavy atom. The molecule has 2 fully saturated rings. The molecule has 7 heteroatoms. The Hall–Kier alpha value is -2.28. The third-order valence-corrected chi connectivity index (χ3v) is 6.48. The lowest BCUT2D eigenvalue weighted by atomic mass is 9.88. The third kappa shape index (κ3) is 4.52. The first-order valence-corrected chi connectivity index (χ1v) is 10.8. The van der Waals surface area contributed by atoms with E-state index in [2.05, 4.69) is 35.2 Å². The summed E-state index contributed by atoms with van der Waals surface area (Å²) in [7, 11) is 0. The number of benzene rings is 2. The van der Waals surface area contributed by atoms with Crippen molar-refractivity contribution in [1.29, 1.82) is 0 Å². The van der Waals surface area contributed by atoms with Gasteiger partial charge in [-0.3, -0.25) is 4.79 Å². The van der Waals surface area contributed by atoms with Crippen molar-refractivity contribution in [3.05, 3.63) is 54.1 Å². The minimum Gasteiger partial charge on any atom is -0.454 e. The maximum Gasteiger partial charge on any atom is 0.255 e. The Labute approximate surface area is 189 Å². The zero-order valence-electron chi connectivity index (χ0n) is 17.8. The summed E-state index contributed by atoms with van der Waals surface area (Å²) in [5, 5.41) is 0. The monoisotopic (exact) mass is 444 g/mol. The SMILES string of the molecule is CC1OC2(CCN(CCc3ccccc3)CC2)CN(c2ccc3c(c2)OCO3)C1=O.Cl. The van der Waals surface area contributed by atoms with Crippen molar-refractivity contribution in [3.63, 3.8) is 0 Å². The van der Waals surface area contributed by atoms with Gasteiger partial charge < -0.3 is 24.0 Å². The van der Waals surface area contributed by atoms with Crippen molar-refractivity contribution in [2.75, 3.05) is 37.9 Å². The first-order valence-electron chi connectivity index (χ1n) is 10.8. The van der Waals surface area contributed by atoms with Crippen LogP contribution in [0.2, 0.25) is 0 Å². The topological polar surface area (TPSA) is 51.2 Å². The minimum atomic E-state index is -0.444. The smallest absolute Gasteiger partial charge is 0.255 e. The van der Waals surface area contributed by atoms with Crippen molar-refractivity contribution in [3.8, 4) is 11.5 Å². The van der Waals surface area contributed by atoms with E-state index in [9.17, 15) is 4.79 Å². The van der Waals surface area contributed by atoms with Crippen LogP contribution in [-0.4, -0.2) is 55.5 Å². The molecule has 0 aliphatic carbocycles. The van der Waals surface area contributed by atoms with Gasteiger partial charge in [0.05, 0.1) is 12.1 Å². The molecule has 0 bridgehead atoms. The Morgan fingerprint density at radius 3 is 2.55 bits per heavy atom. The van der Waals surface area contributed by atoms with Gasteiger partial charge in [0, 0.05) is 31.4 Å². The van der Waals surface area contributed by atoms with Gasteiger partial charge in [-0.05, 0) is 43.9 Å². The zero-order chi connectivity index (χ0) is 20.6. The molecule has 0 N–H and O–H groups in total. The number of anilines is 1. The third-order valence-electron chi connectivity index (χ3n) is 6.48. The zero-order valence-corrected chi connectivity index (χ0v) is 18.6. The molecule has 0 saturated carbocycles. The quantitative estimate of drug-likeness (QED) is 0.720. The number of amides is 1. The molecule has 1 atom stereocenters. The molecule has 1 unspecified atom stereocenters. The second-order valence-electron chi connectivity index (χ2n) is 8.48. The number of nitrogens with zero attached hydrogens (tertiary/aromatic N) is 2. The molecule has 3 aliphatic rings. The number of hydrogen-bond donors (Lipinski definition) is 0. The van der Waals surface area contributed by atoms with E-state index in [4.69, 9.17) is 14.2 Å². The number of carbonyl (C=O) groups is 1. The molecule has 3 heterocycles. The molecule has 31 heavy (non-hydrogen) atoms. The standard InChI is InChI=1S/C24H28N2O4.ClH/c1-18-23(27)26(20-7-8-21-22(15-20)29-17-28-21)16-24(30-18)10-13-25(14-11-24)12-9-19-5-3-2-4-6-19;/h2-8,15,18H,9-14,16-17H2,1H3;1H. The summed E-state index contributed by atoms with van der Waals surface area (Å²) in [5.41, 5.74) is 1.94. The van der Waals surface area contributed by atoms with E-state index in [1.807, 2.05) is 30.0 Å². The Morgan fingerprint density at radius 1 is 1.03 bits per heavy atom. The summed E-state index contributed by atoms with van der Waals surface area (Å²) < 4.78 is 17.2. The van der Waals surface area contributed by atoms with Gasteiger partial charge in [0.15, 0.2) is 11.5 Å². The molecule has 6 nitrogen and oxygen atoms in total. The van der Waals surface area contributed by atoms with Crippen LogP contribution in [0.15, 0.2) is 48.5 Å². The molecule has 2 aromatic rings. The van der Waals surface area contributed by atoms with Crippen LogP contribution < -0.4 is 14.4 Å². The maximum atomic E-state index is 12.9. The average Bonchev–Trinajstić information content (AvgIpc) is 3.25. The molecule has 0 radical (unpaired) electrons. The van der Waals surface area contributed by atoms with Gasteiger partial charge >= 0.3 is 0 Å². The fourth-order valence-electron chi connectivity index (χ4n) is 4.71. The lowest BCUT2D eigenvalue weighted by Crippen LogP contribution is -2.61. The number of morpholine rings is 1. The number of piperidine rings is 1. The summed E-state index contributed by atoms with van der Waals surface area (Å²) in [6, 6.07) is 16.3. The summed E-state index contributed by atoms with van der Waals surface area (Å²) in [6.07, 6.45) is 2.48.